The highest BCUT2D eigenvalue weighted by atomic mass is 16.5. The zero-order valence-corrected chi connectivity index (χ0v) is 22.1. The third-order valence-electron chi connectivity index (χ3n) is 7.20. The van der Waals surface area contributed by atoms with Crippen LogP contribution in [0.15, 0.2) is 94.6 Å². The van der Waals surface area contributed by atoms with Crippen LogP contribution in [0.2, 0.25) is 0 Å². The maximum atomic E-state index is 14.0. The molecule has 0 saturated heterocycles. The lowest BCUT2D eigenvalue weighted by atomic mass is 9.76. The molecule has 38 heavy (non-hydrogen) atoms. The van der Waals surface area contributed by atoms with Gasteiger partial charge >= 0.3 is 0 Å². The molecule has 0 bridgehead atoms. The van der Waals surface area contributed by atoms with E-state index in [2.05, 4.69) is 23.2 Å². The van der Waals surface area contributed by atoms with E-state index >= 15 is 0 Å². The molecule has 0 aliphatic heterocycles. The molecular weight excluding hydrogens is 476 g/mol. The van der Waals surface area contributed by atoms with Crippen molar-refractivity contribution in [1.82, 2.24) is 19.6 Å². The zero-order valence-electron chi connectivity index (χ0n) is 22.1. The number of rotatable bonds is 9. The number of hydrogen-bond acceptors (Lipinski definition) is 3. The van der Waals surface area contributed by atoms with E-state index in [1.807, 2.05) is 92.7 Å². The van der Waals surface area contributed by atoms with Crippen molar-refractivity contribution in [3.63, 3.8) is 0 Å². The highest BCUT2D eigenvalue weighted by Crippen LogP contribution is 2.38. The summed E-state index contributed by atoms with van der Waals surface area (Å²) in [6.07, 6.45) is 9.75. The SMILES string of the molecule is CCCCO[C@H]1C=CC=C[C@@H]1C(c1c(C)[nH]n(-c2ccccc2)c1=O)c1c(C)[nH]n(-c2ccccc2)c1=O. The van der Waals surface area contributed by atoms with Crippen LogP contribution in [0.1, 0.15) is 48.2 Å². The number of aromatic amines is 2. The van der Waals surface area contributed by atoms with Crippen LogP contribution in [0.25, 0.3) is 11.4 Å². The summed E-state index contributed by atoms with van der Waals surface area (Å²) in [6.45, 7) is 6.54. The summed E-state index contributed by atoms with van der Waals surface area (Å²) in [5, 5.41) is 6.53. The van der Waals surface area contributed by atoms with Crippen molar-refractivity contribution in [1.29, 1.82) is 0 Å². The van der Waals surface area contributed by atoms with Gasteiger partial charge in [0.15, 0.2) is 0 Å². The molecular formula is C31H34N4O3. The Balaban J connectivity index is 1.70. The van der Waals surface area contributed by atoms with Gasteiger partial charge in [0.1, 0.15) is 0 Å². The highest BCUT2D eigenvalue weighted by molar-refractivity contribution is 5.43. The Morgan fingerprint density at radius 1 is 0.789 bits per heavy atom. The molecule has 0 saturated carbocycles. The predicted octanol–water partition coefficient (Wildman–Crippen LogP) is 5.32. The standard InChI is InChI=1S/C31H34N4O3/c1-4-5-20-38-26-19-13-12-18-25(26)29(27-21(2)32-34(30(27)36)23-14-8-6-9-15-23)28-22(3)33-35(31(28)37)24-16-10-7-11-17-24/h6-19,25-26,29,32-33H,4-5,20H2,1-3H3/t25-,26-/m0/s1. The number of allylic oxidation sites excluding steroid dienone is 2. The summed E-state index contributed by atoms with van der Waals surface area (Å²) in [6, 6.07) is 19.0. The van der Waals surface area contributed by atoms with Crippen LogP contribution in [-0.2, 0) is 4.74 Å². The molecule has 2 atom stereocenters. The molecule has 2 heterocycles. The number of benzene rings is 2. The quantitative estimate of drug-likeness (QED) is 0.299. The van der Waals surface area contributed by atoms with Gasteiger partial charge in [0.25, 0.3) is 11.1 Å². The first-order valence-corrected chi connectivity index (χ1v) is 13.2. The maximum Gasteiger partial charge on any atom is 0.275 e. The summed E-state index contributed by atoms with van der Waals surface area (Å²) in [5.74, 6) is -0.764. The molecule has 2 aromatic carbocycles. The minimum atomic E-state index is -0.523. The molecule has 0 unspecified atom stereocenters. The van der Waals surface area contributed by atoms with Crippen molar-refractivity contribution in [2.24, 2.45) is 5.92 Å². The topological polar surface area (TPSA) is 84.8 Å². The Labute approximate surface area is 222 Å². The average Bonchev–Trinajstić information content (AvgIpc) is 3.41. The lowest BCUT2D eigenvalue weighted by molar-refractivity contribution is 0.0506. The van der Waals surface area contributed by atoms with E-state index in [4.69, 9.17) is 4.74 Å². The molecule has 4 aromatic rings. The summed E-state index contributed by atoms with van der Waals surface area (Å²) < 4.78 is 9.45. The number of ether oxygens (including phenoxy) is 1. The molecule has 7 heteroatoms. The fourth-order valence-corrected chi connectivity index (χ4v) is 5.33. The number of hydrogen-bond donors (Lipinski definition) is 2. The Hall–Kier alpha value is -4.10. The first-order chi connectivity index (χ1) is 18.5. The van der Waals surface area contributed by atoms with E-state index < -0.39 is 5.92 Å². The van der Waals surface area contributed by atoms with Gasteiger partial charge < -0.3 is 4.74 Å². The monoisotopic (exact) mass is 510 g/mol. The van der Waals surface area contributed by atoms with Crippen molar-refractivity contribution < 1.29 is 4.74 Å². The Morgan fingerprint density at radius 3 is 1.79 bits per heavy atom. The number of H-pyrrole nitrogens is 2. The smallest absolute Gasteiger partial charge is 0.275 e. The van der Waals surface area contributed by atoms with Crippen molar-refractivity contribution in [2.45, 2.75) is 45.6 Å². The number of para-hydroxylation sites is 2. The van der Waals surface area contributed by atoms with Crippen LogP contribution in [-0.4, -0.2) is 32.3 Å². The second-order valence-electron chi connectivity index (χ2n) is 9.77. The molecule has 2 N–H and O–H groups in total. The summed E-state index contributed by atoms with van der Waals surface area (Å²) in [7, 11) is 0. The van der Waals surface area contributed by atoms with Gasteiger partial charge in [0.2, 0.25) is 0 Å². The molecule has 0 radical (unpaired) electrons. The highest BCUT2D eigenvalue weighted by Gasteiger charge is 2.38. The van der Waals surface area contributed by atoms with Gasteiger partial charge in [-0.05, 0) is 44.5 Å². The number of aromatic nitrogens is 4. The van der Waals surface area contributed by atoms with Crippen molar-refractivity contribution in [2.75, 3.05) is 6.61 Å². The molecule has 1 aliphatic rings. The molecule has 7 nitrogen and oxygen atoms in total. The number of nitrogens with one attached hydrogen (secondary N) is 2. The van der Waals surface area contributed by atoms with E-state index in [1.165, 1.54) is 0 Å². The largest absolute Gasteiger partial charge is 0.373 e. The first-order valence-electron chi connectivity index (χ1n) is 13.2. The minimum Gasteiger partial charge on any atom is -0.373 e. The van der Waals surface area contributed by atoms with E-state index in [-0.39, 0.29) is 23.1 Å². The van der Waals surface area contributed by atoms with Gasteiger partial charge in [-0.15, -0.1) is 0 Å². The molecule has 0 fully saturated rings. The van der Waals surface area contributed by atoms with Crippen molar-refractivity contribution in [3.05, 3.63) is 128 Å². The van der Waals surface area contributed by atoms with Gasteiger partial charge in [0.05, 0.1) is 17.5 Å². The van der Waals surface area contributed by atoms with Gasteiger partial charge in [-0.3, -0.25) is 19.8 Å². The molecule has 2 aromatic heterocycles. The summed E-state index contributed by atoms with van der Waals surface area (Å²) in [5.41, 5.74) is 3.75. The number of nitrogens with zero attached hydrogens (tertiary/aromatic N) is 2. The normalized spacial score (nSPS) is 16.9. The van der Waals surface area contributed by atoms with Gasteiger partial charge in [-0.25, -0.2) is 9.36 Å². The van der Waals surface area contributed by atoms with Crippen LogP contribution in [0.3, 0.4) is 0 Å². The second kappa shape index (κ2) is 11.1. The van der Waals surface area contributed by atoms with E-state index in [0.29, 0.717) is 17.7 Å². The molecule has 196 valence electrons. The van der Waals surface area contributed by atoms with Crippen LogP contribution in [0.5, 0.6) is 0 Å². The number of unbranched alkanes of at least 4 members (excludes halogenated alkanes) is 1. The second-order valence-corrected chi connectivity index (χ2v) is 9.77. The van der Waals surface area contributed by atoms with Crippen molar-refractivity contribution in [3.8, 4) is 11.4 Å². The summed E-state index contributed by atoms with van der Waals surface area (Å²) in [4.78, 5) is 28.1. The zero-order chi connectivity index (χ0) is 26.6. The van der Waals surface area contributed by atoms with Crippen LogP contribution in [0.4, 0.5) is 0 Å². The minimum absolute atomic E-state index is 0.166. The van der Waals surface area contributed by atoms with Crippen molar-refractivity contribution >= 4 is 0 Å². The molecule has 0 amide bonds. The van der Waals surface area contributed by atoms with Gasteiger partial charge in [0, 0.05) is 41.0 Å². The molecule has 1 aliphatic carbocycles. The number of aryl methyl sites for hydroxylation is 2. The third kappa shape index (κ3) is 4.77. The van der Waals surface area contributed by atoms with Crippen LogP contribution in [0, 0.1) is 19.8 Å². The van der Waals surface area contributed by atoms with E-state index in [9.17, 15) is 9.59 Å². The van der Waals surface area contributed by atoms with Crippen LogP contribution < -0.4 is 11.1 Å². The maximum absolute atomic E-state index is 14.0. The summed E-state index contributed by atoms with van der Waals surface area (Å²) >= 11 is 0. The predicted molar refractivity (Wildman–Crippen MR) is 151 cm³/mol. The van der Waals surface area contributed by atoms with Gasteiger partial charge in [-0.2, -0.15) is 0 Å². The van der Waals surface area contributed by atoms with Gasteiger partial charge in [-0.1, -0.05) is 74.0 Å². The fraction of sp³-hybridized carbons (Fsp3) is 0.290. The van der Waals surface area contributed by atoms with Crippen LogP contribution >= 0.6 is 0 Å². The lowest BCUT2D eigenvalue weighted by Gasteiger charge is -2.31. The van der Waals surface area contributed by atoms with E-state index in [1.54, 1.807) is 9.36 Å². The average molecular weight is 511 g/mol. The fourth-order valence-electron chi connectivity index (χ4n) is 5.33. The molecule has 0 spiro atoms. The Morgan fingerprint density at radius 2 is 1.29 bits per heavy atom. The Kier molecular flexibility index (Phi) is 7.47. The Bertz CT molecular complexity index is 1460. The lowest BCUT2D eigenvalue weighted by Crippen LogP contribution is -2.34. The first kappa shape index (κ1) is 25.5. The third-order valence-corrected chi connectivity index (χ3v) is 7.20. The van der Waals surface area contributed by atoms with E-state index in [0.717, 1.165) is 35.6 Å². The molecule has 5 rings (SSSR count).